The van der Waals surface area contributed by atoms with Crippen molar-refractivity contribution in [2.24, 2.45) is 7.05 Å². The molecule has 0 N–H and O–H groups in total. The maximum Gasteiger partial charge on any atom is 0.292 e. The van der Waals surface area contributed by atoms with E-state index in [2.05, 4.69) is 6.92 Å². The molecule has 0 saturated carbocycles. The average Bonchev–Trinajstić information content (AvgIpc) is 2.24. The first-order chi connectivity index (χ1) is 7.20. The fourth-order valence-corrected chi connectivity index (χ4v) is 1.62. The molecule has 1 aromatic rings. The Bertz CT molecular complexity index is 368. The van der Waals surface area contributed by atoms with Gasteiger partial charge in [-0.15, -0.1) is 0 Å². The molecule has 1 heterocycles. The number of rotatable bonds is 5. The molecule has 3 nitrogen and oxygen atoms in total. The van der Waals surface area contributed by atoms with Crippen molar-refractivity contribution in [1.29, 1.82) is 0 Å². The second-order valence-electron chi connectivity index (χ2n) is 3.75. The predicted octanol–water partition coefficient (Wildman–Crippen LogP) is 2.13. The summed E-state index contributed by atoms with van der Waals surface area (Å²) < 4.78 is 6.70. The Kier molecular flexibility index (Phi) is 4.40. The summed E-state index contributed by atoms with van der Waals surface area (Å²) in [4.78, 5) is 11.7. The van der Waals surface area contributed by atoms with Crippen LogP contribution in [-0.4, -0.2) is 11.7 Å². The van der Waals surface area contributed by atoms with Gasteiger partial charge in [0.25, 0.3) is 5.56 Å². The Balaban J connectivity index is 2.88. The van der Waals surface area contributed by atoms with Crippen LogP contribution in [0.2, 0.25) is 0 Å². The maximum absolute atomic E-state index is 11.7. The van der Waals surface area contributed by atoms with Crippen LogP contribution in [0, 0.1) is 0 Å². The Morgan fingerprint density at radius 2 is 2.13 bits per heavy atom. The van der Waals surface area contributed by atoms with Crippen molar-refractivity contribution in [3.8, 4) is 5.75 Å². The van der Waals surface area contributed by atoms with Gasteiger partial charge in [0.1, 0.15) is 0 Å². The van der Waals surface area contributed by atoms with E-state index in [1.165, 1.54) is 12.8 Å². The first-order valence-electron chi connectivity index (χ1n) is 5.43. The van der Waals surface area contributed by atoms with Gasteiger partial charge in [-0.05, 0) is 18.9 Å². The second kappa shape index (κ2) is 5.59. The molecule has 0 spiro atoms. The van der Waals surface area contributed by atoms with Gasteiger partial charge in [-0.1, -0.05) is 19.8 Å². The van der Waals surface area contributed by atoms with Crippen LogP contribution in [0.5, 0.6) is 5.75 Å². The van der Waals surface area contributed by atoms with Crippen molar-refractivity contribution in [2.75, 3.05) is 7.11 Å². The largest absolute Gasteiger partial charge is 0.491 e. The third kappa shape index (κ3) is 2.85. The standard InChI is InChI=1S/C12H19NO2/c1-4-5-6-7-10-8-9-13(2)12(14)11(10)15-3/h8-9H,4-7H2,1-3H3. The third-order valence-electron chi connectivity index (χ3n) is 2.56. The van der Waals surface area contributed by atoms with Gasteiger partial charge in [-0.25, -0.2) is 0 Å². The van der Waals surface area contributed by atoms with E-state index in [-0.39, 0.29) is 5.56 Å². The number of hydrogen-bond donors (Lipinski definition) is 0. The van der Waals surface area contributed by atoms with Gasteiger partial charge in [0, 0.05) is 18.8 Å². The lowest BCUT2D eigenvalue weighted by atomic mass is 10.1. The normalized spacial score (nSPS) is 10.3. The van der Waals surface area contributed by atoms with Crippen LogP contribution in [0.25, 0.3) is 0 Å². The van der Waals surface area contributed by atoms with Gasteiger partial charge < -0.3 is 9.30 Å². The quantitative estimate of drug-likeness (QED) is 0.696. The van der Waals surface area contributed by atoms with E-state index in [0.29, 0.717) is 5.75 Å². The van der Waals surface area contributed by atoms with Crippen LogP contribution in [0.3, 0.4) is 0 Å². The SMILES string of the molecule is CCCCCc1ccn(C)c(=O)c1OC. The van der Waals surface area contributed by atoms with Gasteiger partial charge in [0.05, 0.1) is 7.11 Å². The smallest absolute Gasteiger partial charge is 0.292 e. The van der Waals surface area contributed by atoms with E-state index in [9.17, 15) is 4.79 Å². The molecule has 15 heavy (non-hydrogen) atoms. The van der Waals surface area contributed by atoms with Crippen LogP contribution in [-0.2, 0) is 13.5 Å². The van der Waals surface area contributed by atoms with E-state index >= 15 is 0 Å². The number of aryl methyl sites for hydroxylation is 2. The fraction of sp³-hybridized carbons (Fsp3) is 0.583. The van der Waals surface area contributed by atoms with Gasteiger partial charge in [-0.2, -0.15) is 0 Å². The molecular formula is C12H19NO2. The van der Waals surface area contributed by atoms with Crippen LogP contribution < -0.4 is 10.3 Å². The van der Waals surface area contributed by atoms with Crippen molar-refractivity contribution in [2.45, 2.75) is 32.6 Å². The lowest BCUT2D eigenvalue weighted by Gasteiger charge is -2.08. The number of hydrogen-bond acceptors (Lipinski definition) is 2. The minimum atomic E-state index is -0.0495. The molecule has 84 valence electrons. The molecule has 0 unspecified atom stereocenters. The summed E-state index contributed by atoms with van der Waals surface area (Å²) in [5, 5.41) is 0. The summed E-state index contributed by atoms with van der Waals surface area (Å²) in [5.41, 5.74) is 0.973. The minimum absolute atomic E-state index is 0.0495. The van der Waals surface area contributed by atoms with E-state index in [0.717, 1.165) is 18.4 Å². The first-order valence-corrected chi connectivity index (χ1v) is 5.43. The summed E-state index contributed by atoms with van der Waals surface area (Å²) in [5.74, 6) is 0.496. The molecule has 0 aliphatic heterocycles. The highest BCUT2D eigenvalue weighted by molar-refractivity contribution is 5.30. The van der Waals surface area contributed by atoms with Gasteiger partial charge in [0.2, 0.25) is 0 Å². The molecular weight excluding hydrogens is 190 g/mol. The Morgan fingerprint density at radius 1 is 1.40 bits per heavy atom. The highest BCUT2D eigenvalue weighted by Crippen LogP contribution is 2.15. The van der Waals surface area contributed by atoms with Gasteiger partial charge >= 0.3 is 0 Å². The van der Waals surface area contributed by atoms with Crippen LogP contribution in [0.1, 0.15) is 31.7 Å². The van der Waals surface area contributed by atoms with E-state index < -0.39 is 0 Å². The van der Waals surface area contributed by atoms with Crippen LogP contribution >= 0.6 is 0 Å². The molecule has 1 aromatic heterocycles. The lowest BCUT2D eigenvalue weighted by molar-refractivity contribution is 0.398. The van der Waals surface area contributed by atoms with Crippen LogP contribution in [0.15, 0.2) is 17.1 Å². The summed E-state index contributed by atoms with van der Waals surface area (Å²) in [6, 6.07) is 1.97. The number of aromatic nitrogens is 1. The summed E-state index contributed by atoms with van der Waals surface area (Å²) >= 11 is 0. The van der Waals surface area contributed by atoms with Crippen molar-refractivity contribution in [3.63, 3.8) is 0 Å². The molecule has 0 radical (unpaired) electrons. The zero-order valence-electron chi connectivity index (χ0n) is 9.75. The zero-order chi connectivity index (χ0) is 11.3. The van der Waals surface area contributed by atoms with Crippen molar-refractivity contribution in [3.05, 3.63) is 28.2 Å². The summed E-state index contributed by atoms with van der Waals surface area (Å²) in [7, 11) is 3.29. The van der Waals surface area contributed by atoms with Crippen molar-refractivity contribution >= 4 is 0 Å². The highest BCUT2D eigenvalue weighted by atomic mass is 16.5. The molecule has 0 amide bonds. The highest BCUT2D eigenvalue weighted by Gasteiger charge is 2.08. The van der Waals surface area contributed by atoms with Gasteiger partial charge in [0.15, 0.2) is 5.75 Å². The maximum atomic E-state index is 11.7. The minimum Gasteiger partial charge on any atom is -0.491 e. The number of unbranched alkanes of at least 4 members (excludes halogenated alkanes) is 2. The molecule has 1 rings (SSSR count). The zero-order valence-corrected chi connectivity index (χ0v) is 9.75. The van der Waals surface area contributed by atoms with E-state index in [1.54, 1.807) is 24.9 Å². The van der Waals surface area contributed by atoms with E-state index in [4.69, 9.17) is 4.74 Å². The lowest BCUT2D eigenvalue weighted by Crippen LogP contribution is -2.19. The third-order valence-corrected chi connectivity index (χ3v) is 2.56. The molecule has 0 saturated heterocycles. The number of methoxy groups -OCH3 is 1. The number of nitrogens with zero attached hydrogens (tertiary/aromatic N) is 1. The molecule has 0 aromatic carbocycles. The first kappa shape index (κ1) is 11.8. The molecule has 0 aliphatic rings. The average molecular weight is 209 g/mol. The van der Waals surface area contributed by atoms with E-state index in [1.807, 2.05) is 6.07 Å². The van der Waals surface area contributed by atoms with Crippen molar-refractivity contribution < 1.29 is 4.74 Å². The number of pyridine rings is 1. The molecule has 0 bridgehead atoms. The monoisotopic (exact) mass is 209 g/mol. The van der Waals surface area contributed by atoms with Crippen molar-refractivity contribution in [1.82, 2.24) is 4.57 Å². The second-order valence-corrected chi connectivity index (χ2v) is 3.75. The fourth-order valence-electron chi connectivity index (χ4n) is 1.62. The Hall–Kier alpha value is -1.25. The Labute approximate surface area is 90.7 Å². The van der Waals surface area contributed by atoms with Gasteiger partial charge in [-0.3, -0.25) is 4.79 Å². The Morgan fingerprint density at radius 3 is 2.73 bits per heavy atom. The summed E-state index contributed by atoms with van der Waals surface area (Å²) in [6.45, 7) is 2.17. The molecule has 3 heteroatoms. The molecule has 0 atom stereocenters. The molecule has 0 fully saturated rings. The topological polar surface area (TPSA) is 31.2 Å². The predicted molar refractivity (Wildman–Crippen MR) is 61.5 cm³/mol. The summed E-state index contributed by atoms with van der Waals surface area (Å²) in [6.07, 6.45) is 6.21. The molecule has 0 aliphatic carbocycles. The number of ether oxygens (including phenoxy) is 1. The van der Waals surface area contributed by atoms with Crippen LogP contribution in [0.4, 0.5) is 0 Å².